The van der Waals surface area contributed by atoms with E-state index in [2.05, 4.69) is 11.2 Å². The van der Waals surface area contributed by atoms with Gasteiger partial charge in [-0.1, -0.05) is 36.2 Å². The van der Waals surface area contributed by atoms with Crippen LogP contribution in [0.2, 0.25) is 0 Å². The highest BCUT2D eigenvalue weighted by Gasteiger charge is 2.21. The molecule has 0 amide bonds. The lowest BCUT2D eigenvalue weighted by Gasteiger charge is -2.19. The van der Waals surface area contributed by atoms with Crippen LogP contribution in [0.25, 0.3) is 0 Å². The Hall–Kier alpha value is -1.42. The number of rotatable bonds is 4. The lowest BCUT2D eigenvalue weighted by molar-refractivity contribution is 0.262. The number of para-hydroxylation sites is 1. The Balaban J connectivity index is 0.00000180. The first kappa shape index (κ1) is 15.6. The summed E-state index contributed by atoms with van der Waals surface area (Å²) in [6, 6.07) is 8.06. The lowest BCUT2D eigenvalue weighted by Crippen LogP contribution is -2.31. The molecule has 1 aromatic carbocycles. The Bertz CT molecular complexity index is 431. The third kappa shape index (κ3) is 3.77. The van der Waals surface area contributed by atoms with Crippen LogP contribution in [0.4, 0.5) is 0 Å². The Morgan fingerprint density at radius 3 is 2.63 bits per heavy atom. The summed E-state index contributed by atoms with van der Waals surface area (Å²) < 4.78 is 5.79. The van der Waals surface area contributed by atoms with Gasteiger partial charge in [-0.15, -0.1) is 12.4 Å². The van der Waals surface area contributed by atoms with E-state index >= 15 is 0 Å². The molecule has 0 heterocycles. The summed E-state index contributed by atoms with van der Waals surface area (Å²) >= 11 is 0. The fourth-order valence-corrected chi connectivity index (χ4v) is 2.49. The zero-order valence-electron chi connectivity index (χ0n) is 11.1. The molecule has 0 saturated heterocycles. The molecule has 5 heteroatoms. The van der Waals surface area contributed by atoms with Crippen molar-refractivity contribution >= 4 is 18.2 Å². The number of hydrogen-bond acceptors (Lipinski definition) is 3. The minimum Gasteiger partial charge on any atom is -0.482 e. The van der Waals surface area contributed by atoms with E-state index in [9.17, 15) is 0 Å². The Morgan fingerprint density at radius 1 is 1.37 bits per heavy atom. The highest BCUT2D eigenvalue weighted by molar-refractivity contribution is 5.85. The maximum Gasteiger partial charge on any atom is 0.180 e. The fraction of sp³-hybridized carbons (Fsp3) is 0.500. The molecule has 4 nitrogen and oxygen atoms in total. The summed E-state index contributed by atoms with van der Waals surface area (Å²) in [5, 5.41) is 11.6. The van der Waals surface area contributed by atoms with Crippen LogP contribution in [0.5, 0.6) is 5.75 Å². The highest BCUT2D eigenvalue weighted by Crippen LogP contribution is 2.38. The van der Waals surface area contributed by atoms with Crippen LogP contribution in [-0.2, 0) is 0 Å². The highest BCUT2D eigenvalue weighted by atomic mass is 35.5. The summed E-state index contributed by atoms with van der Waals surface area (Å²) in [7, 11) is 0. The standard InChI is InChI=1S/C14H20N2O2.ClH/c1-10(14(15)16-17)18-13-9-5-4-8-12(13)11-6-2-3-7-11;/h4-5,8-11,17H,2-3,6-7H2,1H3,(H2,15,16);1H. The van der Waals surface area contributed by atoms with E-state index in [1.807, 2.05) is 18.2 Å². The zero-order valence-corrected chi connectivity index (χ0v) is 11.9. The summed E-state index contributed by atoms with van der Waals surface area (Å²) in [4.78, 5) is 0. The predicted molar refractivity (Wildman–Crippen MR) is 78.4 cm³/mol. The van der Waals surface area contributed by atoms with E-state index in [1.165, 1.54) is 31.2 Å². The maximum absolute atomic E-state index is 8.65. The van der Waals surface area contributed by atoms with Gasteiger partial charge in [-0.25, -0.2) is 0 Å². The molecule has 3 N–H and O–H groups in total. The Labute approximate surface area is 120 Å². The number of nitrogens with zero attached hydrogens (tertiary/aromatic N) is 1. The quantitative estimate of drug-likeness (QED) is 0.386. The van der Waals surface area contributed by atoms with Crippen molar-refractivity contribution < 1.29 is 9.94 Å². The molecule has 0 bridgehead atoms. The second kappa shape index (κ2) is 7.24. The average molecular weight is 285 g/mol. The lowest BCUT2D eigenvalue weighted by atomic mass is 9.97. The average Bonchev–Trinajstić information content (AvgIpc) is 2.92. The molecule has 1 fully saturated rings. The van der Waals surface area contributed by atoms with Gasteiger partial charge in [0.25, 0.3) is 0 Å². The van der Waals surface area contributed by atoms with Crippen LogP contribution in [0.3, 0.4) is 0 Å². The number of oxime groups is 1. The molecule has 2 rings (SSSR count). The van der Waals surface area contributed by atoms with Crippen LogP contribution in [-0.4, -0.2) is 17.1 Å². The number of hydrogen-bond donors (Lipinski definition) is 2. The van der Waals surface area contributed by atoms with E-state index < -0.39 is 6.10 Å². The molecular formula is C14H21ClN2O2. The summed E-state index contributed by atoms with van der Waals surface area (Å²) in [5.41, 5.74) is 6.79. The van der Waals surface area contributed by atoms with Crippen molar-refractivity contribution in [1.82, 2.24) is 0 Å². The van der Waals surface area contributed by atoms with E-state index in [1.54, 1.807) is 6.92 Å². The van der Waals surface area contributed by atoms with Crippen LogP contribution < -0.4 is 10.5 Å². The molecular weight excluding hydrogens is 264 g/mol. The number of halogens is 1. The molecule has 1 aromatic rings. The summed E-state index contributed by atoms with van der Waals surface area (Å²) in [6.07, 6.45) is 4.60. The second-order valence-electron chi connectivity index (χ2n) is 4.80. The Morgan fingerprint density at radius 2 is 2.00 bits per heavy atom. The third-order valence-corrected chi connectivity index (χ3v) is 3.55. The molecule has 1 atom stereocenters. The predicted octanol–water partition coefficient (Wildman–Crippen LogP) is 3.28. The second-order valence-corrected chi connectivity index (χ2v) is 4.80. The van der Waals surface area contributed by atoms with Crippen LogP contribution in [0, 0.1) is 0 Å². The van der Waals surface area contributed by atoms with E-state index in [-0.39, 0.29) is 18.2 Å². The topological polar surface area (TPSA) is 67.8 Å². The van der Waals surface area contributed by atoms with Gasteiger partial charge in [0.05, 0.1) is 0 Å². The smallest absolute Gasteiger partial charge is 0.180 e. The minimum atomic E-state index is -0.419. The van der Waals surface area contributed by atoms with Crippen molar-refractivity contribution in [2.75, 3.05) is 0 Å². The monoisotopic (exact) mass is 284 g/mol. The molecule has 0 radical (unpaired) electrons. The molecule has 19 heavy (non-hydrogen) atoms. The summed E-state index contributed by atoms with van der Waals surface area (Å²) in [5.74, 6) is 1.53. The number of nitrogens with two attached hydrogens (primary N) is 1. The first-order valence-electron chi connectivity index (χ1n) is 6.45. The van der Waals surface area contributed by atoms with Crippen LogP contribution in [0.15, 0.2) is 29.4 Å². The molecule has 0 spiro atoms. The minimum absolute atomic E-state index is 0. The van der Waals surface area contributed by atoms with Gasteiger partial charge < -0.3 is 15.7 Å². The fourth-order valence-electron chi connectivity index (χ4n) is 2.49. The van der Waals surface area contributed by atoms with Crippen molar-refractivity contribution in [2.24, 2.45) is 10.9 Å². The van der Waals surface area contributed by atoms with Gasteiger partial charge in [-0.2, -0.15) is 0 Å². The van der Waals surface area contributed by atoms with Gasteiger partial charge in [-0.3, -0.25) is 0 Å². The molecule has 1 unspecified atom stereocenters. The van der Waals surface area contributed by atoms with Crippen molar-refractivity contribution in [3.8, 4) is 5.75 Å². The van der Waals surface area contributed by atoms with Gasteiger partial charge in [0.15, 0.2) is 11.9 Å². The van der Waals surface area contributed by atoms with Crippen molar-refractivity contribution in [3.05, 3.63) is 29.8 Å². The summed E-state index contributed by atoms with van der Waals surface area (Å²) in [6.45, 7) is 1.78. The van der Waals surface area contributed by atoms with Gasteiger partial charge in [0, 0.05) is 0 Å². The first-order chi connectivity index (χ1) is 8.72. The van der Waals surface area contributed by atoms with Gasteiger partial charge >= 0.3 is 0 Å². The van der Waals surface area contributed by atoms with Crippen LogP contribution >= 0.6 is 12.4 Å². The van der Waals surface area contributed by atoms with Gasteiger partial charge in [0.1, 0.15) is 5.75 Å². The number of amidine groups is 1. The van der Waals surface area contributed by atoms with Crippen LogP contribution in [0.1, 0.15) is 44.1 Å². The Kier molecular flexibility index (Phi) is 5.96. The first-order valence-corrected chi connectivity index (χ1v) is 6.45. The molecule has 0 aromatic heterocycles. The van der Waals surface area contributed by atoms with Gasteiger partial charge in [-0.05, 0) is 37.3 Å². The molecule has 1 saturated carbocycles. The van der Waals surface area contributed by atoms with E-state index in [0.29, 0.717) is 5.92 Å². The van der Waals surface area contributed by atoms with Gasteiger partial charge in [0.2, 0.25) is 0 Å². The zero-order chi connectivity index (χ0) is 13.0. The molecule has 1 aliphatic carbocycles. The SMILES string of the molecule is CC(Oc1ccccc1C1CCCC1)/C(N)=N/O.Cl. The third-order valence-electron chi connectivity index (χ3n) is 3.55. The normalized spacial score (nSPS) is 17.8. The number of benzene rings is 1. The maximum atomic E-state index is 8.65. The van der Waals surface area contributed by atoms with E-state index in [4.69, 9.17) is 15.7 Å². The largest absolute Gasteiger partial charge is 0.482 e. The molecule has 1 aliphatic rings. The molecule has 0 aliphatic heterocycles. The molecule has 106 valence electrons. The van der Waals surface area contributed by atoms with E-state index in [0.717, 1.165) is 5.75 Å². The van der Waals surface area contributed by atoms with Crippen molar-refractivity contribution in [1.29, 1.82) is 0 Å². The van der Waals surface area contributed by atoms with Crippen molar-refractivity contribution in [3.63, 3.8) is 0 Å². The number of ether oxygens (including phenoxy) is 1. The van der Waals surface area contributed by atoms with Crippen molar-refractivity contribution in [2.45, 2.75) is 44.6 Å².